The van der Waals surface area contributed by atoms with Crippen molar-refractivity contribution in [1.29, 1.82) is 0 Å². The zero-order valence-corrected chi connectivity index (χ0v) is 39.5. The van der Waals surface area contributed by atoms with Gasteiger partial charge in [0.25, 0.3) is 0 Å². The molecular weight excluding hydrogens is 797 g/mol. The molecule has 0 spiro atoms. The van der Waals surface area contributed by atoms with Crippen LogP contribution in [-0.2, 0) is 0 Å². The van der Waals surface area contributed by atoms with Crippen molar-refractivity contribution in [3.05, 3.63) is 152 Å². The van der Waals surface area contributed by atoms with E-state index in [-0.39, 0.29) is 15.8 Å². The van der Waals surface area contributed by atoms with Gasteiger partial charge in [0, 0.05) is 17.1 Å². The number of nitrogens with zero attached hydrogens (tertiary/aromatic N) is 1. The Hall–Kier alpha value is -4.02. The lowest BCUT2D eigenvalue weighted by atomic mass is 9.99. The third kappa shape index (κ3) is 10.1. The lowest BCUT2D eigenvalue weighted by Crippen LogP contribution is -2.26. The summed E-state index contributed by atoms with van der Waals surface area (Å²) in [5.41, 5.74) is 15.0. The van der Waals surface area contributed by atoms with Crippen molar-refractivity contribution in [1.82, 2.24) is 0 Å². The molecule has 0 aliphatic heterocycles. The minimum atomic E-state index is -0.0895. The van der Waals surface area contributed by atoms with Gasteiger partial charge in [-0.05, 0) is 154 Å². The monoisotopic (exact) mass is 865 g/mol. The average Bonchev–Trinajstić information content (AvgIpc) is 3.37. The van der Waals surface area contributed by atoms with Crippen LogP contribution in [0.1, 0.15) is 128 Å². The lowest BCUT2D eigenvalue weighted by molar-refractivity contribution is 0.487. The molecule has 0 radical (unpaired) electrons. The van der Waals surface area contributed by atoms with Gasteiger partial charge in [-0.1, -0.05) is 208 Å². The molecule has 4 aliphatic carbocycles. The summed E-state index contributed by atoms with van der Waals surface area (Å²) in [6.45, 7) is 0. The second-order valence-corrected chi connectivity index (χ2v) is 25.0. The predicted octanol–water partition coefficient (Wildman–Crippen LogP) is 17.7. The highest BCUT2D eigenvalue weighted by Gasteiger charge is 2.33. The molecule has 0 aromatic heterocycles. The Morgan fingerprint density at radius 2 is 0.492 bits per heavy atom. The molecule has 0 heterocycles. The molecule has 0 bridgehead atoms. The second kappa shape index (κ2) is 20.9. The first-order valence-electron chi connectivity index (χ1n) is 25.2. The predicted molar refractivity (Wildman–Crippen MR) is 278 cm³/mol. The SMILES string of the molecule is c1ccc(-c2ccc(N(c3ccc(-c4ccc(P(C5CCCCC5)C5CCCCC5)cc4)cc3)c3ccc(-c4ccc(P(C5CCCCC5)C5CCCCC5)cc4)cc3)cc2)cc1. The molecule has 6 aromatic rings. The van der Waals surface area contributed by atoms with Gasteiger partial charge in [0.15, 0.2) is 0 Å². The van der Waals surface area contributed by atoms with Crippen molar-refractivity contribution in [2.45, 2.75) is 151 Å². The van der Waals surface area contributed by atoms with Crippen LogP contribution >= 0.6 is 15.8 Å². The third-order valence-electron chi connectivity index (χ3n) is 15.4. The molecule has 0 amide bonds. The van der Waals surface area contributed by atoms with Gasteiger partial charge in [0.2, 0.25) is 0 Å². The molecule has 63 heavy (non-hydrogen) atoms. The quantitative estimate of drug-likeness (QED) is 0.111. The van der Waals surface area contributed by atoms with E-state index in [1.807, 2.05) is 0 Å². The van der Waals surface area contributed by atoms with Crippen molar-refractivity contribution in [2.24, 2.45) is 0 Å². The van der Waals surface area contributed by atoms with Crippen molar-refractivity contribution < 1.29 is 0 Å². The summed E-state index contributed by atoms with van der Waals surface area (Å²) in [5, 5.41) is 3.33. The maximum atomic E-state index is 2.53. The van der Waals surface area contributed by atoms with Gasteiger partial charge in [0.05, 0.1) is 0 Å². The standard InChI is InChI=1S/C60H69NP2/c1-6-16-46(17-7-1)47-26-36-52(37-27-47)61(53-38-28-48(29-39-53)50-32-42-59(43-33-50)62(55-18-8-2-9-19-55)56-20-10-3-11-21-56)54-40-30-49(31-41-54)51-34-44-60(45-35-51)63(57-22-12-4-13-23-57)58-24-14-5-15-25-58/h1,6-7,16-17,26-45,55-58H,2-5,8-15,18-25H2. The summed E-state index contributed by atoms with van der Waals surface area (Å²) < 4.78 is 0. The van der Waals surface area contributed by atoms with E-state index in [1.54, 1.807) is 10.6 Å². The Morgan fingerprint density at radius 3 is 0.762 bits per heavy atom. The maximum absolute atomic E-state index is 2.53. The summed E-state index contributed by atoms with van der Waals surface area (Å²) in [5.74, 6) is 0. The van der Waals surface area contributed by atoms with Crippen LogP contribution in [0.5, 0.6) is 0 Å². The Balaban J connectivity index is 0.913. The van der Waals surface area contributed by atoms with E-state index in [4.69, 9.17) is 0 Å². The number of benzene rings is 6. The summed E-state index contributed by atoms with van der Waals surface area (Å²) in [6, 6.07) is 58.4. The Kier molecular flexibility index (Phi) is 14.2. The summed E-state index contributed by atoms with van der Waals surface area (Å²) in [6.07, 6.45) is 28.9. The van der Waals surface area contributed by atoms with Gasteiger partial charge in [-0.15, -0.1) is 0 Å². The van der Waals surface area contributed by atoms with Gasteiger partial charge in [-0.2, -0.15) is 0 Å². The fourth-order valence-corrected chi connectivity index (χ4v) is 19.6. The van der Waals surface area contributed by atoms with Gasteiger partial charge in [-0.3, -0.25) is 0 Å². The zero-order chi connectivity index (χ0) is 42.2. The summed E-state index contributed by atoms with van der Waals surface area (Å²) in [7, 11) is -0.179. The lowest BCUT2D eigenvalue weighted by Gasteiger charge is -2.38. The van der Waals surface area contributed by atoms with Crippen LogP contribution in [0, 0.1) is 0 Å². The molecule has 4 aliphatic rings. The normalized spacial score (nSPS) is 18.5. The molecular formula is C60H69NP2. The van der Waals surface area contributed by atoms with Crippen LogP contribution in [-0.4, -0.2) is 22.6 Å². The summed E-state index contributed by atoms with van der Waals surface area (Å²) >= 11 is 0. The average molecular weight is 866 g/mol. The van der Waals surface area contributed by atoms with E-state index in [0.29, 0.717) is 0 Å². The number of hydrogen-bond donors (Lipinski definition) is 0. The summed E-state index contributed by atoms with van der Waals surface area (Å²) in [4.78, 5) is 2.43. The molecule has 4 fully saturated rings. The third-order valence-corrected chi connectivity index (χ3v) is 22.4. The zero-order valence-electron chi connectivity index (χ0n) is 37.7. The van der Waals surface area contributed by atoms with E-state index in [2.05, 4.69) is 157 Å². The first-order chi connectivity index (χ1) is 31.2. The Morgan fingerprint density at radius 1 is 0.254 bits per heavy atom. The van der Waals surface area contributed by atoms with E-state index >= 15 is 0 Å². The topological polar surface area (TPSA) is 3.24 Å². The van der Waals surface area contributed by atoms with Gasteiger partial charge in [0.1, 0.15) is 0 Å². The highest BCUT2D eigenvalue weighted by atomic mass is 31.1. The molecule has 6 aromatic carbocycles. The molecule has 0 N–H and O–H groups in total. The van der Waals surface area contributed by atoms with Crippen LogP contribution in [0.3, 0.4) is 0 Å². The van der Waals surface area contributed by atoms with Crippen LogP contribution in [0.4, 0.5) is 17.1 Å². The molecule has 0 saturated heterocycles. The van der Waals surface area contributed by atoms with Crippen LogP contribution in [0.25, 0.3) is 33.4 Å². The second-order valence-electron chi connectivity index (χ2n) is 19.4. The number of hydrogen-bond acceptors (Lipinski definition) is 1. The maximum Gasteiger partial charge on any atom is 0.0462 e. The van der Waals surface area contributed by atoms with Crippen LogP contribution in [0.2, 0.25) is 0 Å². The highest BCUT2D eigenvalue weighted by Crippen LogP contribution is 2.56. The van der Waals surface area contributed by atoms with Crippen LogP contribution < -0.4 is 15.5 Å². The number of rotatable bonds is 12. The highest BCUT2D eigenvalue weighted by molar-refractivity contribution is 7.67. The van der Waals surface area contributed by atoms with E-state index in [1.165, 1.54) is 179 Å². The minimum Gasteiger partial charge on any atom is -0.311 e. The van der Waals surface area contributed by atoms with E-state index in [0.717, 1.165) is 22.6 Å². The fourth-order valence-electron chi connectivity index (χ4n) is 12.0. The van der Waals surface area contributed by atoms with Crippen molar-refractivity contribution in [3.8, 4) is 33.4 Å². The van der Waals surface area contributed by atoms with E-state index < -0.39 is 0 Å². The van der Waals surface area contributed by atoms with Gasteiger partial charge >= 0.3 is 0 Å². The first kappa shape index (κ1) is 42.9. The first-order valence-corrected chi connectivity index (χ1v) is 28.1. The number of anilines is 3. The minimum absolute atomic E-state index is 0.0895. The molecule has 1 nitrogen and oxygen atoms in total. The Bertz CT molecular complexity index is 2130. The molecule has 0 atom stereocenters. The molecule has 0 unspecified atom stereocenters. The van der Waals surface area contributed by atoms with Crippen molar-refractivity contribution >= 4 is 43.5 Å². The fraction of sp³-hybridized carbons (Fsp3) is 0.400. The van der Waals surface area contributed by atoms with E-state index in [9.17, 15) is 0 Å². The molecule has 10 rings (SSSR count). The molecule has 3 heteroatoms. The van der Waals surface area contributed by atoms with Gasteiger partial charge in [-0.25, -0.2) is 0 Å². The molecule has 4 saturated carbocycles. The van der Waals surface area contributed by atoms with Gasteiger partial charge < -0.3 is 4.90 Å². The van der Waals surface area contributed by atoms with Crippen molar-refractivity contribution in [2.75, 3.05) is 4.90 Å². The molecule has 324 valence electrons. The van der Waals surface area contributed by atoms with Crippen molar-refractivity contribution in [3.63, 3.8) is 0 Å². The van der Waals surface area contributed by atoms with Crippen LogP contribution in [0.15, 0.2) is 152 Å². The largest absolute Gasteiger partial charge is 0.311 e. The Labute approximate surface area is 382 Å². The smallest absolute Gasteiger partial charge is 0.0462 e.